The van der Waals surface area contributed by atoms with Crippen LogP contribution >= 0.6 is 0 Å². The van der Waals surface area contributed by atoms with Crippen LogP contribution in [-0.4, -0.2) is 29.4 Å². The number of nitrogens with two attached hydrogens (primary N) is 1. The van der Waals surface area contributed by atoms with Gasteiger partial charge in [0.15, 0.2) is 0 Å². The number of fused-ring (bicyclic) bond motifs is 1. The van der Waals surface area contributed by atoms with Crippen LogP contribution in [0.5, 0.6) is 0 Å². The van der Waals surface area contributed by atoms with Crippen molar-refractivity contribution < 1.29 is 14.0 Å². The smallest absolute Gasteiger partial charge is 0.252 e. The summed E-state index contributed by atoms with van der Waals surface area (Å²) in [5.74, 6) is -0.879. The molecule has 0 saturated carbocycles. The third-order valence-corrected chi connectivity index (χ3v) is 5.98. The number of pyridine rings is 1. The van der Waals surface area contributed by atoms with E-state index >= 15 is 0 Å². The Morgan fingerprint density at radius 1 is 1.12 bits per heavy atom. The first kappa shape index (κ1) is 21.5. The first-order valence-corrected chi connectivity index (χ1v) is 10.5. The summed E-state index contributed by atoms with van der Waals surface area (Å²) in [5.41, 5.74) is 10.3. The zero-order valence-electron chi connectivity index (χ0n) is 18.0. The van der Waals surface area contributed by atoms with Crippen molar-refractivity contribution in [1.29, 1.82) is 0 Å². The number of carbonyl (C=O) groups excluding carboxylic acids is 2. The molecule has 3 aromatic rings. The van der Waals surface area contributed by atoms with E-state index < -0.39 is 5.91 Å². The molecule has 4 rings (SSSR count). The number of aryl methyl sites for hydroxylation is 1. The molecule has 164 valence electrons. The van der Waals surface area contributed by atoms with E-state index in [4.69, 9.17) is 5.73 Å². The number of anilines is 1. The Kier molecular flexibility index (Phi) is 5.90. The van der Waals surface area contributed by atoms with E-state index in [1.165, 1.54) is 12.3 Å². The zero-order chi connectivity index (χ0) is 22.8. The highest BCUT2D eigenvalue weighted by Gasteiger charge is 2.32. The molecule has 2 heterocycles. The lowest BCUT2D eigenvalue weighted by atomic mass is 9.89. The lowest BCUT2D eigenvalue weighted by Crippen LogP contribution is -2.27. The molecular formula is C25H25FN4O2. The Bertz CT molecular complexity index is 1190. The molecule has 2 atom stereocenters. The molecular weight excluding hydrogens is 407 g/mol. The Morgan fingerprint density at radius 2 is 1.91 bits per heavy atom. The number of hydrogen-bond donors (Lipinski definition) is 3. The van der Waals surface area contributed by atoms with E-state index in [1.54, 1.807) is 36.5 Å². The molecule has 7 heteroatoms. The van der Waals surface area contributed by atoms with Crippen LogP contribution in [0.25, 0.3) is 11.1 Å². The molecule has 0 bridgehead atoms. The van der Waals surface area contributed by atoms with Crippen molar-refractivity contribution in [3.8, 4) is 11.1 Å². The maximum atomic E-state index is 14.2. The topological polar surface area (TPSA) is 97.1 Å². The van der Waals surface area contributed by atoms with Crippen LogP contribution < -0.4 is 16.4 Å². The van der Waals surface area contributed by atoms with Crippen molar-refractivity contribution >= 4 is 17.5 Å². The molecule has 0 radical (unpaired) electrons. The highest BCUT2D eigenvalue weighted by molar-refractivity contribution is 5.96. The molecule has 2 amide bonds. The van der Waals surface area contributed by atoms with Gasteiger partial charge in [-0.2, -0.15) is 0 Å². The largest absolute Gasteiger partial charge is 0.379 e. The zero-order valence-corrected chi connectivity index (χ0v) is 18.0. The minimum absolute atomic E-state index is 0.0834. The molecule has 4 N–H and O–H groups in total. The minimum atomic E-state index is -0.513. The van der Waals surface area contributed by atoms with Crippen molar-refractivity contribution in [2.24, 2.45) is 5.73 Å². The van der Waals surface area contributed by atoms with Gasteiger partial charge in [0.25, 0.3) is 5.91 Å². The van der Waals surface area contributed by atoms with Crippen LogP contribution in [0, 0.1) is 12.7 Å². The number of nitrogens with one attached hydrogen (secondary N) is 2. The Balaban J connectivity index is 1.44. The normalized spacial score (nSPS) is 16.8. The number of benzene rings is 2. The van der Waals surface area contributed by atoms with Crippen LogP contribution in [0.2, 0.25) is 0 Å². The van der Waals surface area contributed by atoms with Crippen molar-refractivity contribution in [2.45, 2.75) is 32.2 Å². The summed E-state index contributed by atoms with van der Waals surface area (Å²) < 4.78 is 14.2. The average Bonchev–Trinajstić information content (AvgIpc) is 3.14. The molecule has 1 aliphatic heterocycles. The fourth-order valence-corrected chi connectivity index (χ4v) is 4.31. The highest BCUT2D eigenvalue weighted by Crippen LogP contribution is 2.41. The van der Waals surface area contributed by atoms with Crippen molar-refractivity contribution in [3.05, 3.63) is 82.9 Å². The van der Waals surface area contributed by atoms with Crippen molar-refractivity contribution in [3.63, 3.8) is 0 Å². The molecule has 1 aliphatic rings. The second-order valence-electron chi connectivity index (χ2n) is 8.14. The fraction of sp³-hybridized carbons (Fsp3) is 0.240. The third kappa shape index (κ3) is 4.19. The van der Waals surface area contributed by atoms with Gasteiger partial charge < -0.3 is 16.4 Å². The summed E-state index contributed by atoms with van der Waals surface area (Å²) in [6.07, 6.45) is 3.83. The number of aromatic nitrogens is 1. The maximum Gasteiger partial charge on any atom is 0.252 e. The van der Waals surface area contributed by atoms with Gasteiger partial charge in [-0.3, -0.25) is 14.6 Å². The van der Waals surface area contributed by atoms with E-state index in [0.29, 0.717) is 29.8 Å². The first-order chi connectivity index (χ1) is 15.3. The summed E-state index contributed by atoms with van der Waals surface area (Å²) in [6, 6.07) is 12.0. The van der Waals surface area contributed by atoms with Crippen molar-refractivity contribution in [2.75, 3.05) is 11.9 Å². The van der Waals surface area contributed by atoms with Gasteiger partial charge in [0.2, 0.25) is 5.91 Å². The lowest BCUT2D eigenvalue weighted by molar-refractivity contribution is 0.0950. The Hall–Kier alpha value is -3.74. The van der Waals surface area contributed by atoms with Gasteiger partial charge in [0, 0.05) is 42.0 Å². The summed E-state index contributed by atoms with van der Waals surface area (Å²) in [5, 5.41) is 6.18. The van der Waals surface area contributed by atoms with Gasteiger partial charge >= 0.3 is 0 Å². The SMILES string of the molecule is Cc1ccc(F)c2c1C(CCNC(=O)c1cncc(-c3cccc(C(N)=O)c3)c1)C(C)N2. The first-order valence-electron chi connectivity index (χ1n) is 10.5. The summed E-state index contributed by atoms with van der Waals surface area (Å²) in [4.78, 5) is 28.3. The quantitative estimate of drug-likeness (QED) is 0.548. The van der Waals surface area contributed by atoms with Crippen LogP contribution in [0.3, 0.4) is 0 Å². The molecule has 0 saturated heterocycles. The van der Waals surface area contributed by atoms with Gasteiger partial charge in [0.1, 0.15) is 5.82 Å². The molecule has 0 fully saturated rings. The minimum Gasteiger partial charge on any atom is -0.379 e. The van der Waals surface area contributed by atoms with E-state index in [1.807, 2.05) is 19.9 Å². The number of halogens is 1. The second-order valence-corrected chi connectivity index (χ2v) is 8.14. The third-order valence-electron chi connectivity index (χ3n) is 5.98. The van der Waals surface area contributed by atoms with Gasteiger partial charge in [-0.15, -0.1) is 0 Å². The van der Waals surface area contributed by atoms with Gasteiger partial charge in [-0.25, -0.2) is 4.39 Å². The monoisotopic (exact) mass is 432 g/mol. The average molecular weight is 432 g/mol. The molecule has 1 aromatic heterocycles. The van der Waals surface area contributed by atoms with Gasteiger partial charge in [0.05, 0.1) is 11.3 Å². The van der Waals surface area contributed by atoms with E-state index in [9.17, 15) is 14.0 Å². The number of nitrogens with zero attached hydrogens (tertiary/aromatic N) is 1. The Labute approximate surface area is 186 Å². The molecule has 2 aromatic carbocycles. The molecule has 0 spiro atoms. The Morgan fingerprint density at radius 3 is 2.69 bits per heavy atom. The summed E-state index contributed by atoms with van der Waals surface area (Å²) >= 11 is 0. The lowest BCUT2D eigenvalue weighted by Gasteiger charge is -2.18. The van der Waals surface area contributed by atoms with E-state index in [-0.39, 0.29) is 23.7 Å². The summed E-state index contributed by atoms with van der Waals surface area (Å²) in [6.45, 7) is 4.46. The molecule has 0 aliphatic carbocycles. The van der Waals surface area contributed by atoms with Gasteiger partial charge in [-0.05, 0) is 61.2 Å². The van der Waals surface area contributed by atoms with Crippen LogP contribution in [0.15, 0.2) is 54.9 Å². The maximum absolute atomic E-state index is 14.2. The van der Waals surface area contributed by atoms with E-state index in [0.717, 1.165) is 22.3 Å². The van der Waals surface area contributed by atoms with Crippen LogP contribution in [0.1, 0.15) is 51.1 Å². The number of hydrogen-bond acceptors (Lipinski definition) is 4. The van der Waals surface area contributed by atoms with E-state index in [2.05, 4.69) is 15.6 Å². The number of carbonyl (C=O) groups is 2. The molecule has 2 unspecified atom stereocenters. The number of primary amides is 1. The number of rotatable bonds is 6. The molecule has 32 heavy (non-hydrogen) atoms. The second kappa shape index (κ2) is 8.78. The van der Waals surface area contributed by atoms with Gasteiger partial charge in [-0.1, -0.05) is 18.2 Å². The highest BCUT2D eigenvalue weighted by atomic mass is 19.1. The standard InChI is InChI=1S/C25H25FN4O2/c1-14-6-7-21(26)23-22(14)20(15(2)30-23)8-9-29-25(32)19-11-18(12-28-13-19)16-4-3-5-17(10-16)24(27)31/h3-7,10-13,15,20,30H,8-9H2,1-2H3,(H2,27,31)(H,29,32). The van der Waals surface area contributed by atoms with Crippen LogP contribution in [-0.2, 0) is 0 Å². The van der Waals surface area contributed by atoms with Crippen LogP contribution in [0.4, 0.5) is 10.1 Å². The predicted octanol–water partition coefficient (Wildman–Crippen LogP) is 4.01. The predicted molar refractivity (Wildman–Crippen MR) is 122 cm³/mol. The summed E-state index contributed by atoms with van der Waals surface area (Å²) in [7, 11) is 0. The van der Waals surface area contributed by atoms with Crippen molar-refractivity contribution in [1.82, 2.24) is 10.3 Å². The fourth-order valence-electron chi connectivity index (χ4n) is 4.31. The molecule has 6 nitrogen and oxygen atoms in total. The number of amides is 2.